The number of aromatic nitrogens is 1. The lowest BCUT2D eigenvalue weighted by Crippen LogP contribution is -2.45. The number of carbonyl (C=O) groups is 1. The minimum atomic E-state index is -0.121. The van der Waals surface area contributed by atoms with Gasteiger partial charge < -0.3 is 25.2 Å². The molecule has 2 N–H and O–H groups in total. The van der Waals surface area contributed by atoms with Crippen LogP contribution in [-0.4, -0.2) is 74.1 Å². The predicted octanol–water partition coefficient (Wildman–Crippen LogP) is 2.20. The van der Waals surface area contributed by atoms with Crippen LogP contribution in [-0.2, 0) is 0 Å². The van der Waals surface area contributed by atoms with Crippen LogP contribution >= 0.6 is 0 Å². The number of nitrogens with zero attached hydrogens (tertiary/aromatic N) is 3. The van der Waals surface area contributed by atoms with E-state index in [1.165, 1.54) is 0 Å². The Labute approximate surface area is 166 Å². The first-order chi connectivity index (χ1) is 13.7. The first-order valence-electron chi connectivity index (χ1n) is 9.71. The summed E-state index contributed by atoms with van der Waals surface area (Å²) in [4.78, 5) is 21.8. The number of anilines is 2. The Hall–Kier alpha value is -2.64. The van der Waals surface area contributed by atoms with Gasteiger partial charge in [-0.1, -0.05) is 12.1 Å². The third kappa shape index (κ3) is 5.43. The summed E-state index contributed by atoms with van der Waals surface area (Å²) < 4.78 is 5.36. The number of pyridine rings is 1. The molecule has 1 aliphatic rings. The molecule has 1 fully saturated rings. The maximum absolute atomic E-state index is 12.7. The SMILES string of the molecule is COc1ccccc1Nc1ncccc1C(=O)NCCCN1CCN(C)CC1. The van der Waals surface area contributed by atoms with Crippen LogP contribution in [0.15, 0.2) is 42.6 Å². The first-order valence-corrected chi connectivity index (χ1v) is 9.71. The quantitative estimate of drug-likeness (QED) is 0.681. The van der Waals surface area contributed by atoms with Gasteiger partial charge in [-0.3, -0.25) is 4.79 Å². The molecule has 1 saturated heterocycles. The fourth-order valence-electron chi connectivity index (χ4n) is 3.23. The Bertz CT molecular complexity index is 775. The molecule has 1 aliphatic heterocycles. The molecule has 28 heavy (non-hydrogen) atoms. The average Bonchev–Trinajstić information content (AvgIpc) is 2.73. The van der Waals surface area contributed by atoms with Crippen LogP contribution in [0.25, 0.3) is 0 Å². The van der Waals surface area contributed by atoms with Crippen LogP contribution in [0.3, 0.4) is 0 Å². The van der Waals surface area contributed by atoms with Gasteiger partial charge in [-0.2, -0.15) is 0 Å². The molecule has 0 aliphatic carbocycles. The molecule has 2 heterocycles. The molecular weight excluding hydrogens is 354 g/mol. The van der Waals surface area contributed by atoms with Crippen molar-refractivity contribution in [3.63, 3.8) is 0 Å². The third-order valence-corrected chi connectivity index (χ3v) is 4.94. The molecule has 3 rings (SSSR count). The van der Waals surface area contributed by atoms with E-state index in [-0.39, 0.29) is 5.91 Å². The highest BCUT2D eigenvalue weighted by atomic mass is 16.5. The van der Waals surface area contributed by atoms with Gasteiger partial charge in [0.05, 0.1) is 18.4 Å². The number of rotatable bonds is 8. The lowest BCUT2D eigenvalue weighted by Gasteiger charge is -2.32. The number of carbonyl (C=O) groups excluding carboxylic acids is 1. The van der Waals surface area contributed by atoms with Gasteiger partial charge in [0.2, 0.25) is 0 Å². The number of hydrogen-bond acceptors (Lipinski definition) is 6. The number of piperazine rings is 1. The van der Waals surface area contributed by atoms with Crippen molar-refractivity contribution in [3.05, 3.63) is 48.2 Å². The van der Waals surface area contributed by atoms with Crippen LogP contribution in [0.5, 0.6) is 5.75 Å². The molecule has 0 bridgehead atoms. The van der Waals surface area contributed by atoms with Crippen LogP contribution in [0, 0.1) is 0 Å². The summed E-state index contributed by atoms with van der Waals surface area (Å²) in [6, 6.07) is 11.1. The second-order valence-corrected chi connectivity index (χ2v) is 6.98. The first kappa shape index (κ1) is 20.1. The van der Waals surface area contributed by atoms with Crippen LogP contribution in [0.2, 0.25) is 0 Å². The van der Waals surface area contributed by atoms with Gasteiger partial charge in [-0.25, -0.2) is 4.98 Å². The van der Waals surface area contributed by atoms with Gasteiger partial charge in [0, 0.05) is 38.9 Å². The van der Waals surface area contributed by atoms with Crippen LogP contribution < -0.4 is 15.4 Å². The maximum Gasteiger partial charge on any atom is 0.255 e. The third-order valence-electron chi connectivity index (χ3n) is 4.94. The number of likely N-dealkylation sites (N-methyl/N-ethyl adjacent to an activating group) is 1. The normalized spacial score (nSPS) is 15.2. The van der Waals surface area contributed by atoms with E-state index in [0.29, 0.717) is 23.7 Å². The lowest BCUT2D eigenvalue weighted by molar-refractivity contribution is 0.0950. The smallest absolute Gasteiger partial charge is 0.255 e. The molecule has 1 amide bonds. The van der Waals surface area contributed by atoms with E-state index in [1.54, 1.807) is 25.4 Å². The molecule has 0 atom stereocenters. The second-order valence-electron chi connectivity index (χ2n) is 6.98. The summed E-state index contributed by atoms with van der Waals surface area (Å²) in [5.41, 5.74) is 1.29. The van der Waals surface area contributed by atoms with Crippen molar-refractivity contribution in [3.8, 4) is 5.75 Å². The standard InChI is InChI=1S/C21H29N5O2/c1-25-13-15-26(16-14-25)12-6-11-23-21(27)17-7-5-10-22-20(17)24-18-8-3-4-9-19(18)28-2/h3-5,7-10H,6,11-16H2,1-2H3,(H,22,24)(H,23,27). The minimum Gasteiger partial charge on any atom is -0.495 e. The maximum atomic E-state index is 12.7. The van der Waals surface area contributed by atoms with Crippen molar-refractivity contribution in [2.24, 2.45) is 0 Å². The summed E-state index contributed by atoms with van der Waals surface area (Å²) in [5.74, 6) is 1.10. The summed E-state index contributed by atoms with van der Waals surface area (Å²) in [6.07, 6.45) is 2.60. The van der Waals surface area contributed by atoms with E-state index >= 15 is 0 Å². The number of methoxy groups -OCH3 is 1. The Morgan fingerprint density at radius 2 is 1.93 bits per heavy atom. The fourth-order valence-corrected chi connectivity index (χ4v) is 3.23. The molecule has 7 heteroatoms. The highest BCUT2D eigenvalue weighted by Gasteiger charge is 2.15. The van der Waals surface area contributed by atoms with Crippen molar-refractivity contribution < 1.29 is 9.53 Å². The number of benzene rings is 1. The largest absolute Gasteiger partial charge is 0.495 e. The summed E-state index contributed by atoms with van der Waals surface area (Å²) in [7, 11) is 3.77. The molecule has 1 aromatic carbocycles. The summed E-state index contributed by atoms with van der Waals surface area (Å²) in [6.45, 7) is 6.07. The highest BCUT2D eigenvalue weighted by Crippen LogP contribution is 2.27. The molecule has 7 nitrogen and oxygen atoms in total. The van der Waals surface area contributed by atoms with Crippen molar-refractivity contribution in [1.29, 1.82) is 0 Å². The number of hydrogen-bond donors (Lipinski definition) is 2. The van der Waals surface area contributed by atoms with E-state index in [9.17, 15) is 4.79 Å². The molecule has 150 valence electrons. The predicted molar refractivity (Wildman–Crippen MR) is 111 cm³/mol. The van der Waals surface area contributed by atoms with Gasteiger partial charge in [0.1, 0.15) is 11.6 Å². The minimum absolute atomic E-state index is 0.121. The second kappa shape index (κ2) is 10.1. The average molecular weight is 383 g/mol. The van der Waals surface area contributed by atoms with Crippen molar-refractivity contribution in [1.82, 2.24) is 20.1 Å². The van der Waals surface area contributed by atoms with Crippen LogP contribution in [0.1, 0.15) is 16.8 Å². The van der Waals surface area contributed by atoms with Gasteiger partial charge in [0.15, 0.2) is 0 Å². The topological polar surface area (TPSA) is 69.7 Å². The van der Waals surface area contributed by atoms with E-state index in [1.807, 2.05) is 24.3 Å². The molecule has 0 radical (unpaired) electrons. The highest BCUT2D eigenvalue weighted by molar-refractivity contribution is 5.99. The number of amides is 1. The molecule has 0 spiro atoms. The fraction of sp³-hybridized carbons (Fsp3) is 0.429. The lowest BCUT2D eigenvalue weighted by atomic mass is 10.2. The molecule has 0 unspecified atom stereocenters. The molecule has 2 aromatic rings. The van der Waals surface area contributed by atoms with E-state index in [0.717, 1.165) is 44.8 Å². The van der Waals surface area contributed by atoms with Gasteiger partial charge in [-0.15, -0.1) is 0 Å². The van der Waals surface area contributed by atoms with Crippen molar-refractivity contribution >= 4 is 17.4 Å². The van der Waals surface area contributed by atoms with Gasteiger partial charge >= 0.3 is 0 Å². The number of para-hydroxylation sites is 2. The van der Waals surface area contributed by atoms with Crippen molar-refractivity contribution in [2.75, 3.05) is 58.7 Å². The Kier molecular flexibility index (Phi) is 7.22. The number of ether oxygens (including phenoxy) is 1. The van der Waals surface area contributed by atoms with E-state index in [4.69, 9.17) is 4.74 Å². The zero-order valence-electron chi connectivity index (χ0n) is 16.6. The van der Waals surface area contributed by atoms with Crippen molar-refractivity contribution in [2.45, 2.75) is 6.42 Å². The Morgan fingerprint density at radius 1 is 1.14 bits per heavy atom. The van der Waals surface area contributed by atoms with Crippen LogP contribution in [0.4, 0.5) is 11.5 Å². The van der Waals surface area contributed by atoms with Gasteiger partial charge in [0.25, 0.3) is 5.91 Å². The molecule has 1 aromatic heterocycles. The van der Waals surface area contributed by atoms with E-state index in [2.05, 4.69) is 32.5 Å². The zero-order valence-corrected chi connectivity index (χ0v) is 16.6. The molecule has 0 saturated carbocycles. The number of nitrogens with one attached hydrogen (secondary N) is 2. The summed E-state index contributed by atoms with van der Waals surface area (Å²) in [5, 5.41) is 6.22. The monoisotopic (exact) mass is 383 g/mol. The summed E-state index contributed by atoms with van der Waals surface area (Å²) >= 11 is 0. The molecular formula is C21H29N5O2. The van der Waals surface area contributed by atoms with E-state index < -0.39 is 0 Å². The Balaban J connectivity index is 1.54. The zero-order chi connectivity index (χ0) is 19.8. The van der Waals surface area contributed by atoms with Gasteiger partial charge in [-0.05, 0) is 44.3 Å². The Morgan fingerprint density at radius 3 is 2.71 bits per heavy atom.